The van der Waals surface area contributed by atoms with E-state index in [-0.39, 0.29) is 0 Å². The second kappa shape index (κ2) is 21.1. The van der Waals surface area contributed by atoms with Crippen LogP contribution < -0.4 is 29.3 Å². The second-order valence-corrected chi connectivity index (χ2v) is 16.7. The molecule has 1 aliphatic heterocycles. The van der Waals surface area contributed by atoms with E-state index >= 15 is 0 Å². The van der Waals surface area contributed by atoms with Crippen LogP contribution in [-0.4, -0.2) is 44.7 Å². The van der Waals surface area contributed by atoms with Gasteiger partial charge in [-0.05, 0) is 131 Å². The Bertz CT molecular complexity index is 1950. The topological polar surface area (TPSA) is 58.6 Å². The molecule has 5 aromatic rings. The predicted molar refractivity (Wildman–Crippen MR) is 249 cm³/mol. The van der Waals surface area contributed by atoms with Crippen LogP contribution >= 0.6 is 0 Å². The molecule has 0 unspecified atom stereocenters. The van der Waals surface area contributed by atoms with E-state index in [2.05, 4.69) is 145 Å². The van der Waals surface area contributed by atoms with Gasteiger partial charge in [0.15, 0.2) is 0 Å². The minimum Gasteiger partial charge on any atom is -0.493 e. The molecular formula is C52H66BNO6. The number of hydrogen-bond donors (Lipinski definition) is 0. The maximum atomic E-state index is 6.40. The predicted octanol–water partition coefficient (Wildman–Crippen LogP) is 13.5. The third kappa shape index (κ3) is 11.1. The van der Waals surface area contributed by atoms with E-state index in [9.17, 15) is 0 Å². The van der Waals surface area contributed by atoms with E-state index in [0.717, 1.165) is 119 Å². The van der Waals surface area contributed by atoms with Gasteiger partial charge in [-0.15, -0.1) is 0 Å². The van der Waals surface area contributed by atoms with Gasteiger partial charge in [-0.3, -0.25) is 0 Å². The van der Waals surface area contributed by atoms with Gasteiger partial charge in [0, 0.05) is 40.3 Å². The maximum Gasteiger partial charge on any atom is 0.494 e. The van der Waals surface area contributed by atoms with Gasteiger partial charge in [0.1, 0.15) is 23.0 Å². The van der Waals surface area contributed by atoms with Gasteiger partial charge >= 0.3 is 7.12 Å². The largest absolute Gasteiger partial charge is 0.494 e. The highest BCUT2D eigenvalue weighted by Crippen LogP contribution is 2.41. The third-order valence-corrected chi connectivity index (χ3v) is 11.5. The van der Waals surface area contributed by atoms with E-state index < -0.39 is 18.3 Å². The molecule has 0 spiro atoms. The first-order chi connectivity index (χ1) is 29.1. The first kappa shape index (κ1) is 44.6. The fourth-order valence-corrected chi connectivity index (χ4v) is 7.01. The number of unbranched alkanes of at least 4 members (excludes halogenated alkanes) is 4. The maximum absolute atomic E-state index is 6.40. The highest BCUT2D eigenvalue weighted by atomic mass is 16.7. The number of ether oxygens (including phenoxy) is 4. The van der Waals surface area contributed by atoms with Crippen molar-refractivity contribution in [1.29, 1.82) is 0 Å². The van der Waals surface area contributed by atoms with Crippen molar-refractivity contribution < 1.29 is 28.3 Å². The highest BCUT2D eigenvalue weighted by Gasteiger charge is 2.51. The first-order valence-corrected chi connectivity index (χ1v) is 22.3. The van der Waals surface area contributed by atoms with Crippen molar-refractivity contribution in [1.82, 2.24) is 0 Å². The lowest BCUT2D eigenvalue weighted by Gasteiger charge is -2.32. The van der Waals surface area contributed by atoms with Gasteiger partial charge in [-0.25, -0.2) is 0 Å². The molecule has 1 fully saturated rings. The van der Waals surface area contributed by atoms with E-state index in [1.807, 2.05) is 24.3 Å². The number of hydrogen-bond acceptors (Lipinski definition) is 7. The van der Waals surface area contributed by atoms with Crippen LogP contribution in [0.5, 0.6) is 23.0 Å². The van der Waals surface area contributed by atoms with Crippen molar-refractivity contribution in [3.8, 4) is 45.3 Å². The molecule has 0 amide bonds. The Labute approximate surface area is 360 Å². The summed E-state index contributed by atoms with van der Waals surface area (Å²) in [6, 6.07) is 38.4. The quantitative estimate of drug-likeness (QED) is 0.0510. The van der Waals surface area contributed by atoms with Gasteiger partial charge in [0.25, 0.3) is 0 Å². The van der Waals surface area contributed by atoms with Gasteiger partial charge < -0.3 is 33.2 Å². The Morgan fingerprint density at radius 2 is 0.800 bits per heavy atom. The normalized spacial score (nSPS) is 14.2. The lowest BCUT2D eigenvalue weighted by molar-refractivity contribution is 0.00578. The number of anilines is 3. The summed E-state index contributed by atoms with van der Waals surface area (Å²) in [6.07, 6.45) is 8.34. The molecule has 0 N–H and O–H groups in total. The van der Waals surface area contributed by atoms with Crippen molar-refractivity contribution in [3.63, 3.8) is 0 Å². The molecule has 318 valence electrons. The standard InChI is InChI=1S/C52H66BNO6/c1-9-13-33-55-45-29-31-47(49(37-45)57-35-15-11-3)39-17-23-42(24-18-39)54(44-27-21-41(22-28-44)53-59-51(5,6)52(7,8)60-53)43-25-19-40(20-26-43)48-32-30-46(56-34-14-10-2)38-50(48)58-36-16-12-4/h17-32,37-38H,9-16,33-36H2,1-8H3. The molecule has 60 heavy (non-hydrogen) atoms. The molecule has 1 heterocycles. The fourth-order valence-electron chi connectivity index (χ4n) is 7.01. The lowest BCUT2D eigenvalue weighted by atomic mass is 9.79. The third-order valence-electron chi connectivity index (χ3n) is 11.5. The average molecular weight is 812 g/mol. The van der Waals surface area contributed by atoms with E-state index in [0.29, 0.717) is 26.4 Å². The molecule has 8 heteroatoms. The number of nitrogens with zero attached hydrogens (tertiary/aromatic N) is 1. The molecule has 1 saturated heterocycles. The van der Waals surface area contributed by atoms with Crippen LogP contribution in [0.3, 0.4) is 0 Å². The SMILES string of the molecule is CCCCOc1ccc(-c2ccc(N(c3ccc(B4OC(C)(C)C(C)(C)O4)cc3)c3ccc(-c4ccc(OCCCC)cc4OCCCC)cc3)cc2)c(OCCCC)c1. The van der Waals surface area contributed by atoms with Crippen molar-refractivity contribution in [2.24, 2.45) is 0 Å². The van der Waals surface area contributed by atoms with Gasteiger partial charge in [-0.1, -0.05) is 89.8 Å². The van der Waals surface area contributed by atoms with Crippen LogP contribution in [0.15, 0.2) is 109 Å². The molecule has 0 aromatic heterocycles. The summed E-state index contributed by atoms with van der Waals surface area (Å²) >= 11 is 0. The smallest absolute Gasteiger partial charge is 0.493 e. The zero-order valence-corrected chi connectivity index (χ0v) is 37.4. The van der Waals surface area contributed by atoms with Gasteiger partial charge in [-0.2, -0.15) is 0 Å². The summed E-state index contributed by atoms with van der Waals surface area (Å²) in [5.74, 6) is 3.36. The molecule has 5 aromatic carbocycles. The average Bonchev–Trinajstić information content (AvgIpc) is 3.48. The van der Waals surface area contributed by atoms with Crippen molar-refractivity contribution in [2.45, 2.75) is 118 Å². The van der Waals surface area contributed by atoms with Crippen LogP contribution in [-0.2, 0) is 9.31 Å². The molecule has 6 rings (SSSR count). The van der Waals surface area contributed by atoms with E-state index in [1.54, 1.807) is 0 Å². The van der Waals surface area contributed by atoms with Crippen LogP contribution in [0.1, 0.15) is 107 Å². The molecule has 1 aliphatic rings. The molecule has 0 atom stereocenters. The zero-order chi connectivity index (χ0) is 42.5. The molecule has 0 bridgehead atoms. The van der Waals surface area contributed by atoms with Crippen LogP contribution in [0.2, 0.25) is 0 Å². The highest BCUT2D eigenvalue weighted by molar-refractivity contribution is 6.62. The monoisotopic (exact) mass is 811 g/mol. The Hall–Kier alpha value is -4.92. The Kier molecular flexibility index (Phi) is 15.7. The zero-order valence-electron chi connectivity index (χ0n) is 37.4. The van der Waals surface area contributed by atoms with E-state index in [1.165, 1.54) is 0 Å². The van der Waals surface area contributed by atoms with Crippen molar-refractivity contribution >= 4 is 29.6 Å². The minimum atomic E-state index is -0.439. The Morgan fingerprint density at radius 1 is 0.450 bits per heavy atom. The summed E-state index contributed by atoms with van der Waals surface area (Å²) in [4.78, 5) is 2.29. The second-order valence-electron chi connectivity index (χ2n) is 16.7. The number of benzene rings is 5. The Balaban J connectivity index is 1.34. The van der Waals surface area contributed by atoms with Crippen LogP contribution in [0.25, 0.3) is 22.3 Å². The summed E-state index contributed by atoms with van der Waals surface area (Å²) in [6.45, 7) is 19.8. The van der Waals surface area contributed by atoms with Crippen molar-refractivity contribution in [2.75, 3.05) is 31.3 Å². The van der Waals surface area contributed by atoms with Gasteiger partial charge in [0.2, 0.25) is 0 Å². The first-order valence-electron chi connectivity index (χ1n) is 22.3. The molecule has 0 saturated carbocycles. The van der Waals surface area contributed by atoms with Crippen molar-refractivity contribution in [3.05, 3.63) is 109 Å². The molecule has 0 radical (unpaired) electrons. The Morgan fingerprint density at radius 3 is 1.17 bits per heavy atom. The molecule has 0 aliphatic carbocycles. The summed E-state index contributed by atoms with van der Waals surface area (Å²) in [5.41, 5.74) is 7.47. The molecule has 7 nitrogen and oxygen atoms in total. The minimum absolute atomic E-state index is 0.418. The lowest BCUT2D eigenvalue weighted by Crippen LogP contribution is -2.41. The number of rotatable bonds is 22. The fraction of sp³-hybridized carbons (Fsp3) is 0.423. The van der Waals surface area contributed by atoms with E-state index in [4.69, 9.17) is 28.3 Å². The summed E-state index contributed by atoms with van der Waals surface area (Å²) in [5, 5.41) is 0. The van der Waals surface area contributed by atoms with Crippen LogP contribution in [0.4, 0.5) is 17.1 Å². The summed E-state index contributed by atoms with van der Waals surface area (Å²) in [7, 11) is -0.439. The van der Waals surface area contributed by atoms with Gasteiger partial charge in [0.05, 0.1) is 37.6 Å². The summed E-state index contributed by atoms with van der Waals surface area (Å²) < 4.78 is 37.7. The molecular weight excluding hydrogens is 745 g/mol. The van der Waals surface area contributed by atoms with Crippen LogP contribution in [0, 0.1) is 0 Å².